The summed E-state index contributed by atoms with van der Waals surface area (Å²) in [5, 5.41) is 8.07. The van der Waals surface area contributed by atoms with Crippen LogP contribution in [-0.2, 0) is 0 Å². The molecule has 3 aromatic heterocycles. The molecule has 1 saturated heterocycles. The van der Waals surface area contributed by atoms with E-state index >= 15 is 0 Å². The van der Waals surface area contributed by atoms with E-state index in [0.29, 0.717) is 6.04 Å². The fraction of sp³-hybridized carbons (Fsp3) is 0.312. The summed E-state index contributed by atoms with van der Waals surface area (Å²) in [6.45, 7) is 2.00. The maximum atomic E-state index is 5.72. The standard InChI is InChI=1S/C16H19N7/c17-16-20-7-3-12(23-16)11-9-22-15-14(11)13(4-6-19-15)21-8-10-2-1-5-18-10/h3-4,6-7,9-10,18H,1-2,5,8H2,(H2,17,20,23)(H2,19,21,22). The molecule has 0 radical (unpaired) electrons. The molecule has 0 bridgehead atoms. The van der Waals surface area contributed by atoms with Gasteiger partial charge in [0.05, 0.1) is 11.1 Å². The van der Waals surface area contributed by atoms with Crippen LogP contribution in [0.15, 0.2) is 30.7 Å². The number of nitrogens with one attached hydrogen (secondary N) is 3. The van der Waals surface area contributed by atoms with Crippen molar-refractivity contribution in [2.45, 2.75) is 18.9 Å². The van der Waals surface area contributed by atoms with Crippen LogP contribution in [0.4, 0.5) is 11.6 Å². The molecule has 7 nitrogen and oxygen atoms in total. The molecule has 1 aliphatic heterocycles. The number of nitrogens with zero attached hydrogens (tertiary/aromatic N) is 3. The topological polar surface area (TPSA) is 105 Å². The first-order valence-corrected chi connectivity index (χ1v) is 7.83. The van der Waals surface area contributed by atoms with E-state index in [-0.39, 0.29) is 5.95 Å². The molecule has 118 valence electrons. The van der Waals surface area contributed by atoms with Gasteiger partial charge in [0.1, 0.15) is 5.65 Å². The van der Waals surface area contributed by atoms with Gasteiger partial charge in [0.15, 0.2) is 0 Å². The average Bonchev–Trinajstić information content (AvgIpc) is 3.22. The minimum atomic E-state index is 0.269. The number of nitrogen functional groups attached to an aromatic ring is 1. The van der Waals surface area contributed by atoms with Gasteiger partial charge in [-0.2, -0.15) is 0 Å². The second-order valence-electron chi connectivity index (χ2n) is 5.76. The quantitative estimate of drug-likeness (QED) is 0.585. The van der Waals surface area contributed by atoms with Crippen molar-refractivity contribution < 1.29 is 0 Å². The van der Waals surface area contributed by atoms with Crippen molar-refractivity contribution in [3.8, 4) is 11.3 Å². The Hall–Kier alpha value is -2.67. The average molecular weight is 309 g/mol. The summed E-state index contributed by atoms with van der Waals surface area (Å²) in [6.07, 6.45) is 7.85. The van der Waals surface area contributed by atoms with Gasteiger partial charge in [-0.3, -0.25) is 0 Å². The van der Waals surface area contributed by atoms with Gasteiger partial charge in [0.25, 0.3) is 0 Å². The Balaban J connectivity index is 1.71. The summed E-state index contributed by atoms with van der Waals surface area (Å²) in [4.78, 5) is 15.9. The molecule has 0 amide bonds. The molecule has 0 aliphatic carbocycles. The second kappa shape index (κ2) is 5.85. The monoisotopic (exact) mass is 309 g/mol. The van der Waals surface area contributed by atoms with Crippen LogP contribution in [0.3, 0.4) is 0 Å². The van der Waals surface area contributed by atoms with Gasteiger partial charge in [-0.15, -0.1) is 0 Å². The van der Waals surface area contributed by atoms with E-state index in [2.05, 4.69) is 30.6 Å². The highest BCUT2D eigenvalue weighted by atomic mass is 15.0. The normalized spacial score (nSPS) is 17.7. The summed E-state index contributed by atoms with van der Waals surface area (Å²) in [7, 11) is 0. The number of aromatic amines is 1. The molecule has 4 heterocycles. The largest absolute Gasteiger partial charge is 0.383 e. The van der Waals surface area contributed by atoms with E-state index in [1.807, 2.05) is 18.3 Å². The minimum Gasteiger partial charge on any atom is -0.383 e. The number of rotatable bonds is 4. The Morgan fingerprint density at radius 3 is 3.00 bits per heavy atom. The Morgan fingerprint density at radius 1 is 1.26 bits per heavy atom. The summed E-state index contributed by atoms with van der Waals surface area (Å²) in [5.74, 6) is 0.269. The van der Waals surface area contributed by atoms with Crippen molar-refractivity contribution in [2.75, 3.05) is 24.1 Å². The van der Waals surface area contributed by atoms with Crippen LogP contribution in [-0.4, -0.2) is 39.1 Å². The highest BCUT2D eigenvalue weighted by molar-refractivity contribution is 6.01. The summed E-state index contributed by atoms with van der Waals surface area (Å²) < 4.78 is 0. The van der Waals surface area contributed by atoms with Crippen LogP contribution < -0.4 is 16.4 Å². The van der Waals surface area contributed by atoms with Crippen molar-refractivity contribution in [1.29, 1.82) is 0 Å². The van der Waals surface area contributed by atoms with Gasteiger partial charge in [-0.1, -0.05) is 0 Å². The Morgan fingerprint density at radius 2 is 2.17 bits per heavy atom. The Labute approximate surface area is 133 Å². The third-order valence-corrected chi connectivity index (χ3v) is 4.22. The zero-order valence-electron chi connectivity index (χ0n) is 12.7. The van der Waals surface area contributed by atoms with Crippen LogP contribution in [0.5, 0.6) is 0 Å². The number of fused-ring (bicyclic) bond motifs is 1. The molecular formula is C16H19N7. The van der Waals surface area contributed by atoms with Crippen LogP contribution in [0.25, 0.3) is 22.3 Å². The number of hydrogen-bond donors (Lipinski definition) is 4. The van der Waals surface area contributed by atoms with Crippen LogP contribution in [0.2, 0.25) is 0 Å². The lowest BCUT2D eigenvalue weighted by Gasteiger charge is -2.14. The summed E-state index contributed by atoms with van der Waals surface area (Å²) >= 11 is 0. The van der Waals surface area contributed by atoms with Gasteiger partial charge in [0, 0.05) is 42.4 Å². The Kier molecular flexibility index (Phi) is 3.55. The molecule has 3 aromatic rings. The van der Waals surface area contributed by atoms with Crippen LogP contribution in [0, 0.1) is 0 Å². The number of H-pyrrole nitrogens is 1. The first kappa shape index (κ1) is 14.0. The summed E-state index contributed by atoms with van der Waals surface area (Å²) in [6, 6.07) is 4.38. The SMILES string of the molecule is Nc1nccc(-c2c[nH]c3nccc(NCC4CCCN4)c23)n1. The van der Waals surface area contributed by atoms with Crippen molar-refractivity contribution in [3.05, 3.63) is 30.7 Å². The molecule has 7 heteroatoms. The van der Waals surface area contributed by atoms with Crippen LogP contribution in [0.1, 0.15) is 12.8 Å². The predicted molar refractivity (Wildman–Crippen MR) is 91.0 cm³/mol. The van der Waals surface area contributed by atoms with Gasteiger partial charge < -0.3 is 21.4 Å². The third kappa shape index (κ3) is 2.70. The highest BCUT2D eigenvalue weighted by Crippen LogP contribution is 2.32. The lowest BCUT2D eigenvalue weighted by Crippen LogP contribution is -2.29. The molecule has 23 heavy (non-hydrogen) atoms. The van der Waals surface area contributed by atoms with Crippen LogP contribution >= 0.6 is 0 Å². The number of aromatic nitrogens is 4. The fourth-order valence-corrected chi connectivity index (χ4v) is 3.09. The second-order valence-corrected chi connectivity index (χ2v) is 5.76. The molecular weight excluding hydrogens is 290 g/mol. The molecule has 0 aromatic carbocycles. The zero-order chi connectivity index (χ0) is 15.6. The molecule has 1 atom stereocenters. The molecule has 0 saturated carbocycles. The van der Waals surface area contributed by atoms with Gasteiger partial charge >= 0.3 is 0 Å². The predicted octanol–water partition coefficient (Wildman–Crippen LogP) is 1.77. The molecule has 4 rings (SSSR count). The molecule has 1 aliphatic rings. The van der Waals surface area contributed by atoms with E-state index in [1.165, 1.54) is 12.8 Å². The van der Waals surface area contributed by atoms with Crippen molar-refractivity contribution in [2.24, 2.45) is 0 Å². The maximum absolute atomic E-state index is 5.72. The maximum Gasteiger partial charge on any atom is 0.220 e. The highest BCUT2D eigenvalue weighted by Gasteiger charge is 2.16. The van der Waals surface area contributed by atoms with E-state index in [1.54, 1.807) is 12.4 Å². The number of anilines is 2. The number of pyridine rings is 1. The summed E-state index contributed by atoms with van der Waals surface area (Å²) in [5.41, 5.74) is 9.37. The van der Waals surface area contributed by atoms with Gasteiger partial charge in [0.2, 0.25) is 5.95 Å². The molecule has 5 N–H and O–H groups in total. The Bertz CT molecular complexity index is 820. The first-order valence-electron chi connectivity index (χ1n) is 7.83. The van der Waals surface area contributed by atoms with E-state index in [0.717, 1.165) is 41.1 Å². The van der Waals surface area contributed by atoms with Crippen molar-refractivity contribution in [3.63, 3.8) is 0 Å². The first-order chi connectivity index (χ1) is 11.3. The lowest BCUT2D eigenvalue weighted by molar-refractivity contribution is 0.634. The molecule has 0 spiro atoms. The van der Waals surface area contributed by atoms with Gasteiger partial charge in [-0.05, 0) is 31.5 Å². The number of hydrogen-bond acceptors (Lipinski definition) is 6. The van der Waals surface area contributed by atoms with E-state index < -0.39 is 0 Å². The van der Waals surface area contributed by atoms with Gasteiger partial charge in [-0.25, -0.2) is 15.0 Å². The minimum absolute atomic E-state index is 0.269. The van der Waals surface area contributed by atoms with E-state index in [4.69, 9.17) is 5.73 Å². The lowest BCUT2D eigenvalue weighted by atomic mass is 10.1. The van der Waals surface area contributed by atoms with Crippen molar-refractivity contribution >= 4 is 22.7 Å². The van der Waals surface area contributed by atoms with E-state index in [9.17, 15) is 0 Å². The number of nitrogens with two attached hydrogens (primary N) is 1. The fourth-order valence-electron chi connectivity index (χ4n) is 3.09. The smallest absolute Gasteiger partial charge is 0.220 e. The molecule has 1 fully saturated rings. The van der Waals surface area contributed by atoms with Crippen molar-refractivity contribution in [1.82, 2.24) is 25.3 Å². The zero-order valence-corrected chi connectivity index (χ0v) is 12.7. The third-order valence-electron chi connectivity index (χ3n) is 4.22. The molecule has 1 unspecified atom stereocenters.